The third-order valence-electron chi connectivity index (χ3n) is 4.78. The zero-order valence-corrected chi connectivity index (χ0v) is 16.9. The predicted molar refractivity (Wildman–Crippen MR) is 99.6 cm³/mol. The standard InChI is InChI=1S/C20H32O3Si/c1-20(2,3)19(23-24(4)5)16-9-7-6-8-15(16)12-22-18(14-10-11-14)17-13-21-17/h6-9,14,17-19,24H,10-13H2,1-5H3/t17-,18-,19?/m1/s1. The van der Waals surface area contributed by atoms with Crippen LogP contribution in [0.2, 0.25) is 13.1 Å². The van der Waals surface area contributed by atoms with Gasteiger partial charge in [0.1, 0.15) is 6.10 Å². The number of hydrogen-bond donors (Lipinski definition) is 0. The van der Waals surface area contributed by atoms with Crippen LogP contribution in [-0.4, -0.2) is 27.9 Å². The highest BCUT2D eigenvalue weighted by molar-refractivity contribution is 6.48. The lowest BCUT2D eigenvalue weighted by Gasteiger charge is -2.34. The minimum atomic E-state index is -1.13. The average molecular weight is 349 g/mol. The molecule has 1 aromatic carbocycles. The fourth-order valence-corrected chi connectivity index (χ4v) is 4.44. The molecule has 3 nitrogen and oxygen atoms in total. The maximum Gasteiger partial charge on any atom is 0.171 e. The zero-order chi connectivity index (χ0) is 17.3. The van der Waals surface area contributed by atoms with Gasteiger partial charge in [-0.1, -0.05) is 45.0 Å². The van der Waals surface area contributed by atoms with Crippen LogP contribution in [0.3, 0.4) is 0 Å². The minimum Gasteiger partial charge on any atom is -0.413 e. The van der Waals surface area contributed by atoms with Crippen molar-refractivity contribution in [1.82, 2.24) is 0 Å². The van der Waals surface area contributed by atoms with Crippen molar-refractivity contribution in [2.75, 3.05) is 6.61 Å². The van der Waals surface area contributed by atoms with Crippen LogP contribution >= 0.6 is 0 Å². The summed E-state index contributed by atoms with van der Waals surface area (Å²) in [7, 11) is -1.13. The molecule has 134 valence electrons. The molecule has 1 aromatic rings. The van der Waals surface area contributed by atoms with Gasteiger partial charge in [-0.3, -0.25) is 0 Å². The van der Waals surface area contributed by atoms with Gasteiger partial charge in [0.2, 0.25) is 0 Å². The summed E-state index contributed by atoms with van der Waals surface area (Å²) in [5.41, 5.74) is 2.62. The molecule has 1 heterocycles. The van der Waals surface area contributed by atoms with Gasteiger partial charge in [0, 0.05) is 0 Å². The molecule has 1 saturated carbocycles. The topological polar surface area (TPSA) is 31.0 Å². The molecule has 0 bridgehead atoms. The van der Waals surface area contributed by atoms with Gasteiger partial charge in [0.05, 0.1) is 25.4 Å². The quantitative estimate of drug-likeness (QED) is 0.513. The first-order chi connectivity index (χ1) is 11.4. The van der Waals surface area contributed by atoms with E-state index in [2.05, 4.69) is 58.1 Å². The molecular weight excluding hydrogens is 316 g/mol. The molecule has 1 aliphatic heterocycles. The van der Waals surface area contributed by atoms with Gasteiger partial charge in [-0.15, -0.1) is 0 Å². The lowest BCUT2D eigenvalue weighted by molar-refractivity contribution is 0.00529. The second kappa shape index (κ2) is 7.28. The monoisotopic (exact) mass is 348 g/mol. The van der Waals surface area contributed by atoms with Crippen LogP contribution in [0.1, 0.15) is 50.8 Å². The molecule has 0 radical (unpaired) electrons. The molecule has 1 saturated heterocycles. The number of rotatable bonds is 8. The Morgan fingerprint density at radius 1 is 1.21 bits per heavy atom. The van der Waals surface area contributed by atoms with E-state index in [-0.39, 0.29) is 17.6 Å². The summed E-state index contributed by atoms with van der Waals surface area (Å²) >= 11 is 0. The highest BCUT2D eigenvalue weighted by atomic mass is 28.3. The van der Waals surface area contributed by atoms with Crippen LogP contribution < -0.4 is 0 Å². The number of hydrogen-bond acceptors (Lipinski definition) is 3. The Hall–Kier alpha value is -0.683. The molecule has 3 atom stereocenters. The molecule has 0 aromatic heterocycles. The lowest BCUT2D eigenvalue weighted by atomic mass is 9.83. The van der Waals surface area contributed by atoms with E-state index in [1.54, 1.807) is 0 Å². The van der Waals surface area contributed by atoms with E-state index in [1.165, 1.54) is 24.0 Å². The number of epoxide rings is 1. The summed E-state index contributed by atoms with van der Waals surface area (Å²) in [5, 5.41) is 0. The molecule has 24 heavy (non-hydrogen) atoms. The lowest BCUT2D eigenvalue weighted by Crippen LogP contribution is -2.27. The first-order valence-corrected chi connectivity index (χ1v) is 12.1. The summed E-state index contributed by atoms with van der Waals surface area (Å²) < 4.78 is 18.2. The molecule has 3 rings (SSSR count). The van der Waals surface area contributed by atoms with E-state index < -0.39 is 9.04 Å². The maximum absolute atomic E-state index is 6.43. The second-order valence-corrected chi connectivity index (χ2v) is 11.0. The van der Waals surface area contributed by atoms with Gasteiger partial charge in [-0.2, -0.15) is 0 Å². The van der Waals surface area contributed by atoms with Crippen molar-refractivity contribution >= 4 is 9.04 Å². The predicted octanol–water partition coefficient (Wildman–Crippen LogP) is 4.47. The Morgan fingerprint density at radius 3 is 2.42 bits per heavy atom. The normalized spacial score (nSPS) is 23.3. The number of ether oxygens (including phenoxy) is 2. The maximum atomic E-state index is 6.43. The van der Waals surface area contributed by atoms with E-state index in [0.29, 0.717) is 18.6 Å². The molecular formula is C20H32O3Si. The molecule has 1 aliphatic carbocycles. The van der Waals surface area contributed by atoms with Crippen molar-refractivity contribution in [2.45, 2.75) is 71.6 Å². The Labute approximate surface area is 148 Å². The first-order valence-electron chi connectivity index (χ1n) is 9.32. The Kier molecular flexibility index (Phi) is 5.50. The van der Waals surface area contributed by atoms with E-state index >= 15 is 0 Å². The average Bonchev–Trinajstić information content (AvgIpc) is 3.37. The van der Waals surface area contributed by atoms with E-state index in [9.17, 15) is 0 Å². The highest BCUT2D eigenvalue weighted by Crippen LogP contribution is 2.41. The van der Waals surface area contributed by atoms with Crippen molar-refractivity contribution < 1.29 is 13.9 Å². The molecule has 4 heteroatoms. The Balaban J connectivity index is 1.75. The fourth-order valence-electron chi connectivity index (χ4n) is 3.34. The van der Waals surface area contributed by atoms with Gasteiger partial charge in [-0.05, 0) is 48.4 Å². The van der Waals surface area contributed by atoms with Crippen LogP contribution in [0.25, 0.3) is 0 Å². The molecule has 1 unspecified atom stereocenters. The van der Waals surface area contributed by atoms with Crippen LogP contribution in [0.5, 0.6) is 0 Å². The van der Waals surface area contributed by atoms with Gasteiger partial charge in [0.25, 0.3) is 0 Å². The highest BCUT2D eigenvalue weighted by Gasteiger charge is 2.43. The van der Waals surface area contributed by atoms with Gasteiger partial charge < -0.3 is 13.9 Å². The minimum absolute atomic E-state index is 0.0723. The molecule has 0 amide bonds. The molecule has 0 N–H and O–H groups in total. The van der Waals surface area contributed by atoms with Crippen LogP contribution in [-0.2, 0) is 20.5 Å². The SMILES string of the molecule is C[SiH](C)OC(c1ccccc1CO[C@H](C1CC1)[C@H]1CO1)C(C)(C)C. The van der Waals surface area contributed by atoms with E-state index in [4.69, 9.17) is 13.9 Å². The second-order valence-electron chi connectivity index (χ2n) is 8.61. The summed E-state index contributed by atoms with van der Waals surface area (Å²) in [5.74, 6) is 0.711. The smallest absolute Gasteiger partial charge is 0.171 e. The number of benzene rings is 1. The molecule has 2 fully saturated rings. The van der Waals surface area contributed by atoms with Crippen LogP contribution in [0, 0.1) is 11.3 Å². The van der Waals surface area contributed by atoms with E-state index in [1.807, 2.05) is 0 Å². The van der Waals surface area contributed by atoms with Gasteiger partial charge >= 0.3 is 0 Å². The summed E-state index contributed by atoms with van der Waals surface area (Å²) in [6.45, 7) is 12.8. The zero-order valence-electron chi connectivity index (χ0n) is 15.7. The van der Waals surface area contributed by atoms with Gasteiger partial charge in [0.15, 0.2) is 9.04 Å². The van der Waals surface area contributed by atoms with Gasteiger partial charge in [-0.25, -0.2) is 0 Å². The fraction of sp³-hybridized carbons (Fsp3) is 0.700. The van der Waals surface area contributed by atoms with Crippen molar-refractivity contribution in [3.05, 3.63) is 35.4 Å². The molecule has 0 spiro atoms. The first kappa shape index (κ1) is 18.1. The Morgan fingerprint density at radius 2 is 1.88 bits per heavy atom. The van der Waals surface area contributed by atoms with Crippen LogP contribution in [0.15, 0.2) is 24.3 Å². The van der Waals surface area contributed by atoms with Crippen molar-refractivity contribution in [1.29, 1.82) is 0 Å². The van der Waals surface area contributed by atoms with Crippen molar-refractivity contribution in [2.24, 2.45) is 11.3 Å². The Bertz CT molecular complexity index is 532. The van der Waals surface area contributed by atoms with Crippen molar-refractivity contribution in [3.63, 3.8) is 0 Å². The summed E-state index contributed by atoms with van der Waals surface area (Å²) in [6.07, 6.45) is 3.33. The van der Waals surface area contributed by atoms with E-state index in [0.717, 1.165) is 6.61 Å². The summed E-state index contributed by atoms with van der Waals surface area (Å²) in [6, 6.07) is 8.63. The molecule has 2 aliphatic rings. The van der Waals surface area contributed by atoms with Crippen molar-refractivity contribution in [3.8, 4) is 0 Å². The third kappa shape index (κ3) is 4.69. The summed E-state index contributed by atoms with van der Waals surface area (Å²) in [4.78, 5) is 0. The van der Waals surface area contributed by atoms with Crippen LogP contribution in [0.4, 0.5) is 0 Å². The third-order valence-corrected chi connectivity index (χ3v) is 5.59. The largest absolute Gasteiger partial charge is 0.413 e.